The van der Waals surface area contributed by atoms with Crippen LogP contribution in [0.1, 0.15) is 0 Å². The van der Waals surface area contributed by atoms with E-state index < -0.39 is 7.82 Å². The predicted molar refractivity (Wildman–Crippen MR) is 38.6 cm³/mol. The van der Waals surface area contributed by atoms with Crippen LogP contribution in [-0.4, -0.2) is 14.4 Å². The van der Waals surface area contributed by atoms with Gasteiger partial charge in [0.05, 0.1) is 14.1 Å². The van der Waals surface area contributed by atoms with Crippen LogP contribution in [0.15, 0.2) is 18.7 Å². The van der Waals surface area contributed by atoms with Crippen LogP contribution in [0.3, 0.4) is 0 Å². The molecular weight excluding hydrogens is 183 g/mol. The quantitative estimate of drug-likeness (QED) is 0.380. The molecule has 7 heteroatoms. The first-order chi connectivity index (χ1) is 5.29. The topological polar surface area (TPSA) is 89.4 Å². The summed E-state index contributed by atoms with van der Waals surface area (Å²) in [5.74, 6) is 0. The van der Waals surface area contributed by atoms with Crippen LogP contribution in [0, 0.1) is 0 Å². The number of hydrogen-bond acceptors (Lipinski definition) is 2. The third-order valence-corrected chi connectivity index (χ3v) is 0.901. The molecule has 2 N–H and O–H groups in total. The molecule has 0 unspecified atom stereocenters. The van der Waals surface area contributed by atoms with Gasteiger partial charge < -0.3 is 14.7 Å². The monoisotopic (exact) mass is 194 g/mol. The van der Waals surface area contributed by atoms with Gasteiger partial charge in [0.1, 0.15) is 12.4 Å². The van der Waals surface area contributed by atoms with Crippen LogP contribution in [0.5, 0.6) is 0 Å². The number of nitrogens with zero attached hydrogens (tertiary/aromatic N) is 2. The zero-order valence-electron chi connectivity index (χ0n) is 6.78. The number of rotatable bonds is 0. The number of aryl methyl sites for hydroxylation is 2. The summed E-state index contributed by atoms with van der Waals surface area (Å²) < 4.78 is 12.8. The molecule has 0 aromatic carbocycles. The van der Waals surface area contributed by atoms with Crippen molar-refractivity contribution in [1.29, 1.82) is 0 Å². The minimum absolute atomic E-state index is 2.00. The summed E-state index contributed by atoms with van der Waals surface area (Å²) in [6, 6.07) is 0. The average molecular weight is 194 g/mol. The van der Waals surface area contributed by atoms with Gasteiger partial charge in [-0.05, 0) is 0 Å². The Morgan fingerprint density at radius 3 is 2.08 bits per heavy atom. The smallest absolute Gasteiger partial charge is 0.262 e. The van der Waals surface area contributed by atoms with Crippen LogP contribution in [-0.2, 0) is 18.7 Å². The maximum absolute atomic E-state index is 8.77. The van der Waals surface area contributed by atoms with Crippen molar-refractivity contribution >= 4 is 7.82 Å². The highest BCUT2D eigenvalue weighted by Gasteiger charge is 1.87. The molecule has 0 saturated carbocycles. The minimum atomic E-state index is -4.89. The predicted octanol–water partition coefficient (Wildman–Crippen LogP) is -1.71. The average Bonchev–Trinajstić information content (AvgIpc) is 2.09. The van der Waals surface area contributed by atoms with Crippen molar-refractivity contribution in [3.63, 3.8) is 0 Å². The Bertz CT molecular complexity index is 254. The molecule has 1 rings (SSSR count). The van der Waals surface area contributed by atoms with Crippen molar-refractivity contribution in [1.82, 2.24) is 4.57 Å². The summed E-state index contributed by atoms with van der Waals surface area (Å²) in [5, 5.41) is 0. The second-order valence-corrected chi connectivity index (χ2v) is 3.22. The highest BCUT2D eigenvalue weighted by atomic mass is 31.2. The van der Waals surface area contributed by atoms with Gasteiger partial charge in [-0.2, -0.15) is 0 Å². The molecule has 1 aromatic rings. The molecule has 0 spiro atoms. The Labute approximate surface area is 69.9 Å². The SMILES string of the molecule is Cn1cc[n+](C)c1.O=P([O-])(O)O. The highest BCUT2D eigenvalue weighted by molar-refractivity contribution is 7.43. The number of hydrogen-bond donors (Lipinski definition) is 2. The molecule has 0 radical (unpaired) electrons. The van der Waals surface area contributed by atoms with Gasteiger partial charge >= 0.3 is 0 Å². The van der Waals surface area contributed by atoms with Crippen LogP contribution >= 0.6 is 7.82 Å². The molecule has 0 aliphatic carbocycles. The van der Waals surface area contributed by atoms with E-state index in [-0.39, 0.29) is 0 Å². The summed E-state index contributed by atoms with van der Waals surface area (Å²) in [4.78, 5) is 22.9. The van der Waals surface area contributed by atoms with Crippen LogP contribution in [0.2, 0.25) is 0 Å². The Balaban J connectivity index is 0.000000217. The third kappa shape index (κ3) is 9.32. The van der Waals surface area contributed by atoms with Crippen molar-refractivity contribution in [2.45, 2.75) is 0 Å². The first-order valence-electron chi connectivity index (χ1n) is 3.03. The fraction of sp³-hybridized carbons (Fsp3) is 0.400. The van der Waals surface area contributed by atoms with Crippen molar-refractivity contribution in [3.05, 3.63) is 18.7 Å². The van der Waals surface area contributed by atoms with Gasteiger partial charge in [-0.3, -0.25) is 4.57 Å². The maximum Gasteiger partial charge on any atom is 0.262 e. The molecule has 1 heterocycles. The molecule has 1 aromatic heterocycles. The highest BCUT2D eigenvalue weighted by Crippen LogP contribution is 2.18. The maximum atomic E-state index is 8.77. The second-order valence-electron chi connectivity index (χ2n) is 2.24. The number of phosphoric acid groups is 1. The summed E-state index contributed by atoms with van der Waals surface area (Å²) in [6.45, 7) is 0. The number of imidazole rings is 1. The number of aromatic nitrogens is 2. The third-order valence-electron chi connectivity index (χ3n) is 0.901. The molecular formula is C5H11N2O4P. The minimum Gasteiger partial charge on any atom is -0.756 e. The van der Waals surface area contributed by atoms with E-state index >= 15 is 0 Å². The van der Waals surface area contributed by atoms with E-state index in [9.17, 15) is 0 Å². The van der Waals surface area contributed by atoms with E-state index in [0.717, 1.165) is 0 Å². The van der Waals surface area contributed by atoms with Gasteiger partial charge in [0, 0.05) is 0 Å². The van der Waals surface area contributed by atoms with Crippen LogP contribution in [0.4, 0.5) is 0 Å². The molecule has 6 nitrogen and oxygen atoms in total. The molecule has 0 aliphatic rings. The van der Waals surface area contributed by atoms with Crippen molar-refractivity contribution in [2.24, 2.45) is 14.1 Å². The van der Waals surface area contributed by atoms with E-state index in [1.807, 2.05) is 42.0 Å². The fourth-order valence-electron chi connectivity index (χ4n) is 0.575. The van der Waals surface area contributed by atoms with Crippen molar-refractivity contribution < 1.29 is 23.8 Å². The van der Waals surface area contributed by atoms with Gasteiger partial charge in [-0.1, -0.05) is 0 Å². The molecule has 0 atom stereocenters. The summed E-state index contributed by atoms with van der Waals surface area (Å²) in [5.41, 5.74) is 0. The van der Waals surface area contributed by atoms with Gasteiger partial charge in [-0.15, -0.1) is 0 Å². The Hall–Kier alpha value is -0.680. The summed E-state index contributed by atoms with van der Waals surface area (Å²) in [7, 11) is -0.889. The lowest BCUT2D eigenvalue weighted by Gasteiger charge is -2.01. The second kappa shape index (κ2) is 4.37. The summed E-state index contributed by atoms with van der Waals surface area (Å²) >= 11 is 0. The first-order valence-corrected chi connectivity index (χ1v) is 4.56. The molecule has 70 valence electrons. The Kier molecular flexibility index (Phi) is 4.12. The molecule has 0 bridgehead atoms. The zero-order valence-corrected chi connectivity index (χ0v) is 7.68. The van der Waals surface area contributed by atoms with E-state index in [1.54, 1.807) is 0 Å². The van der Waals surface area contributed by atoms with Gasteiger partial charge in [0.2, 0.25) is 6.33 Å². The molecule has 12 heavy (non-hydrogen) atoms. The first kappa shape index (κ1) is 11.3. The fourth-order valence-corrected chi connectivity index (χ4v) is 0.575. The molecule has 0 fully saturated rings. The normalized spacial score (nSPS) is 10.4. The van der Waals surface area contributed by atoms with Crippen molar-refractivity contribution in [2.75, 3.05) is 0 Å². The Morgan fingerprint density at radius 2 is 2.00 bits per heavy atom. The van der Waals surface area contributed by atoms with Gasteiger partial charge in [0.15, 0.2) is 0 Å². The molecule has 0 saturated heterocycles. The van der Waals surface area contributed by atoms with Gasteiger partial charge in [0.25, 0.3) is 7.82 Å². The van der Waals surface area contributed by atoms with E-state index in [0.29, 0.717) is 0 Å². The molecule has 0 amide bonds. The molecule has 0 aliphatic heterocycles. The lowest BCUT2D eigenvalue weighted by Crippen LogP contribution is -2.23. The zero-order chi connectivity index (χ0) is 9.78. The lowest BCUT2D eigenvalue weighted by atomic mass is 10.9. The van der Waals surface area contributed by atoms with Gasteiger partial charge in [-0.25, -0.2) is 9.13 Å². The van der Waals surface area contributed by atoms with Crippen LogP contribution in [0.25, 0.3) is 0 Å². The van der Waals surface area contributed by atoms with E-state index in [4.69, 9.17) is 19.2 Å². The van der Waals surface area contributed by atoms with E-state index in [2.05, 4.69) is 0 Å². The largest absolute Gasteiger partial charge is 0.756 e. The standard InChI is InChI=1S/C5H9N2.H3O4P/c1-6-3-4-7(2)5-6;1-5(2,3)4/h3-5H,1-2H3;(H3,1,2,3,4)/q+1;/p-1. The Morgan fingerprint density at radius 1 is 1.58 bits per heavy atom. The van der Waals surface area contributed by atoms with E-state index in [1.165, 1.54) is 0 Å². The van der Waals surface area contributed by atoms with Crippen molar-refractivity contribution in [3.8, 4) is 0 Å². The lowest BCUT2D eigenvalue weighted by molar-refractivity contribution is -0.670. The summed E-state index contributed by atoms with van der Waals surface area (Å²) in [6.07, 6.45) is 6.00. The van der Waals surface area contributed by atoms with Crippen LogP contribution < -0.4 is 9.46 Å².